The number of amides is 1. The van der Waals surface area contributed by atoms with E-state index in [0.717, 1.165) is 28.4 Å². The normalized spacial score (nSPS) is 11.7. The van der Waals surface area contributed by atoms with Crippen molar-refractivity contribution in [3.63, 3.8) is 0 Å². The predicted octanol–water partition coefficient (Wildman–Crippen LogP) is 5.39. The zero-order valence-electron chi connectivity index (χ0n) is 21.4. The molecule has 4 rings (SSSR count). The third-order valence-electron chi connectivity index (χ3n) is 5.60. The number of ether oxygens (including phenoxy) is 2. The maximum atomic E-state index is 12.8. The van der Waals surface area contributed by atoms with E-state index in [-0.39, 0.29) is 11.9 Å². The molecule has 0 radical (unpaired) electrons. The first kappa shape index (κ1) is 26.1. The van der Waals surface area contributed by atoms with Crippen molar-refractivity contribution in [3.05, 3.63) is 83.4 Å². The zero-order chi connectivity index (χ0) is 26.2. The van der Waals surface area contributed by atoms with E-state index in [4.69, 9.17) is 9.47 Å². The summed E-state index contributed by atoms with van der Waals surface area (Å²) >= 11 is 1.39. The lowest BCUT2D eigenvalue weighted by atomic mass is 10.1. The maximum absolute atomic E-state index is 12.8. The Balaban J connectivity index is 1.44. The number of thiophene rings is 1. The van der Waals surface area contributed by atoms with E-state index in [1.54, 1.807) is 13.3 Å². The number of likely N-dealkylation sites (N-methyl/N-ethyl adjacent to an activating group) is 1. The monoisotopic (exact) mass is 517 g/mol. The fourth-order valence-corrected chi connectivity index (χ4v) is 4.46. The first-order chi connectivity index (χ1) is 17.9. The number of carbonyl (C=O) groups is 1. The highest BCUT2D eigenvalue weighted by Crippen LogP contribution is 2.32. The summed E-state index contributed by atoms with van der Waals surface area (Å²) in [5, 5.41) is 6.29. The van der Waals surface area contributed by atoms with E-state index in [0.29, 0.717) is 28.9 Å². The Morgan fingerprint density at radius 1 is 1.05 bits per heavy atom. The Kier molecular flexibility index (Phi) is 8.71. The van der Waals surface area contributed by atoms with Crippen LogP contribution in [0.4, 0.5) is 11.6 Å². The molecule has 4 aromatic rings. The Morgan fingerprint density at radius 2 is 1.86 bits per heavy atom. The van der Waals surface area contributed by atoms with Gasteiger partial charge in [0, 0.05) is 24.5 Å². The SMILES string of the molecule is COc1ccc(Nc2nccc(-c3ccc(C(=O)N[C@H](C)c4ccccc4)s3)n2)cc1OCCN(C)C. The van der Waals surface area contributed by atoms with Gasteiger partial charge in [-0.1, -0.05) is 30.3 Å². The van der Waals surface area contributed by atoms with Crippen molar-refractivity contribution in [3.8, 4) is 22.1 Å². The summed E-state index contributed by atoms with van der Waals surface area (Å²) in [5.74, 6) is 1.63. The van der Waals surface area contributed by atoms with Gasteiger partial charge in [0.15, 0.2) is 11.5 Å². The van der Waals surface area contributed by atoms with Gasteiger partial charge in [-0.25, -0.2) is 9.97 Å². The van der Waals surface area contributed by atoms with Gasteiger partial charge in [0.1, 0.15) is 6.61 Å². The summed E-state index contributed by atoms with van der Waals surface area (Å²) in [6.45, 7) is 3.30. The Bertz CT molecular complexity index is 1330. The van der Waals surface area contributed by atoms with Crippen molar-refractivity contribution in [2.75, 3.05) is 39.7 Å². The van der Waals surface area contributed by atoms with Crippen LogP contribution in [0.25, 0.3) is 10.6 Å². The number of benzene rings is 2. The second-order valence-corrected chi connectivity index (χ2v) is 9.76. The molecule has 0 aliphatic rings. The molecule has 192 valence electrons. The lowest BCUT2D eigenvalue weighted by Crippen LogP contribution is -2.25. The van der Waals surface area contributed by atoms with Gasteiger partial charge in [0.2, 0.25) is 5.95 Å². The standard InChI is InChI=1S/C28H31N5O3S/c1-19(20-8-6-5-7-9-20)30-27(34)26-13-12-25(37-26)22-14-15-29-28(32-22)31-21-10-11-23(35-4)24(18-21)36-17-16-33(2)3/h5-15,18-19H,16-17H2,1-4H3,(H,30,34)(H,29,31,32)/t19-/m1/s1. The molecule has 2 aromatic heterocycles. The molecule has 9 heteroatoms. The number of nitrogens with one attached hydrogen (secondary N) is 2. The summed E-state index contributed by atoms with van der Waals surface area (Å²) in [4.78, 5) is 25.4. The smallest absolute Gasteiger partial charge is 0.261 e. The zero-order valence-corrected chi connectivity index (χ0v) is 22.2. The Morgan fingerprint density at radius 3 is 2.62 bits per heavy atom. The summed E-state index contributed by atoms with van der Waals surface area (Å²) in [6.07, 6.45) is 1.69. The molecule has 1 atom stereocenters. The Hall–Kier alpha value is -3.95. The van der Waals surface area contributed by atoms with Gasteiger partial charge in [-0.2, -0.15) is 0 Å². The van der Waals surface area contributed by atoms with Crippen molar-refractivity contribution >= 4 is 28.9 Å². The van der Waals surface area contributed by atoms with E-state index >= 15 is 0 Å². The average molecular weight is 518 g/mol. The number of anilines is 2. The van der Waals surface area contributed by atoms with E-state index in [2.05, 4.69) is 25.5 Å². The number of rotatable bonds is 11. The molecule has 2 N–H and O–H groups in total. The minimum atomic E-state index is -0.111. The fraction of sp³-hybridized carbons (Fsp3) is 0.250. The number of methoxy groups -OCH3 is 1. The van der Waals surface area contributed by atoms with Crippen LogP contribution in [0.15, 0.2) is 72.9 Å². The maximum Gasteiger partial charge on any atom is 0.261 e. The largest absolute Gasteiger partial charge is 0.493 e. The highest BCUT2D eigenvalue weighted by Gasteiger charge is 2.15. The molecule has 0 aliphatic carbocycles. The van der Waals surface area contributed by atoms with Crippen molar-refractivity contribution < 1.29 is 14.3 Å². The molecule has 0 spiro atoms. The molecule has 37 heavy (non-hydrogen) atoms. The van der Waals surface area contributed by atoms with Crippen LogP contribution in [0.5, 0.6) is 11.5 Å². The minimum absolute atomic E-state index is 0.0876. The lowest BCUT2D eigenvalue weighted by molar-refractivity contribution is 0.0944. The average Bonchev–Trinajstić information content (AvgIpc) is 3.40. The molecular weight excluding hydrogens is 486 g/mol. The van der Waals surface area contributed by atoms with Gasteiger partial charge in [-0.05, 0) is 56.9 Å². The summed E-state index contributed by atoms with van der Waals surface area (Å²) < 4.78 is 11.3. The van der Waals surface area contributed by atoms with E-state index < -0.39 is 0 Å². The van der Waals surface area contributed by atoms with Crippen LogP contribution in [0.3, 0.4) is 0 Å². The molecule has 0 bridgehead atoms. The molecule has 0 aliphatic heterocycles. The molecule has 0 saturated heterocycles. The summed E-state index contributed by atoms with van der Waals surface area (Å²) in [5.41, 5.74) is 2.57. The number of aromatic nitrogens is 2. The predicted molar refractivity (Wildman–Crippen MR) is 148 cm³/mol. The molecule has 0 saturated carbocycles. The molecule has 8 nitrogen and oxygen atoms in total. The van der Waals surface area contributed by atoms with Crippen LogP contribution in [0, 0.1) is 0 Å². The van der Waals surface area contributed by atoms with Gasteiger partial charge in [0.25, 0.3) is 5.91 Å². The van der Waals surface area contributed by atoms with Crippen molar-refractivity contribution in [1.82, 2.24) is 20.2 Å². The first-order valence-corrected chi connectivity index (χ1v) is 12.8. The van der Waals surface area contributed by atoms with Crippen LogP contribution in [-0.2, 0) is 0 Å². The number of hydrogen-bond acceptors (Lipinski definition) is 8. The van der Waals surface area contributed by atoms with Gasteiger partial charge < -0.3 is 25.0 Å². The van der Waals surface area contributed by atoms with Gasteiger partial charge in [-0.3, -0.25) is 4.79 Å². The van der Waals surface area contributed by atoms with E-state index in [1.165, 1.54) is 11.3 Å². The number of nitrogens with zero attached hydrogens (tertiary/aromatic N) is 3. The molecule has 0 fully saturated rings. The van der Waals surface area contributed by atoms with Crippen LogP contribution < -0.4 is 20.1 Å². The van der Waals surface area contributed by atoms with Crippen LogP contribution in [0.1, 0.15) is 28.2 Å². The second-order valence-electron chi connectivity index (χ2n) is 8.68. The molecule has 1 amide bonds. The highest BCUT2D eigenvalue weighted by molar-refractivity contribution is 7.17. The number of hydrogen-bond donors (Lipinski definition) is 2. The fourth-order valence-electron chi connectivity index (χ4n) is 3.58. The minimum Gasteiger partial charge on any atom is -0.493 e. The highest BCUT2D eigenvalue weighted by atomic mass is 32.1. The second kappa shape index (κ2) is 12.3. The van der Waals surface area contributed by atoms with E-state index in [9.17, 15) is 4.79 Å². The molecule has 0 unspecified atom stereocenters. The number of carbonyl (C=O) groups excluding carboxylic acids is 1. The van der Waals surface area contributed by atoms with Gasteiger partial charge >= 0.3 is 0 Å². The molecule has 2 heterocycles. The third-order valence-corrected chi connectivity index (χ3v) is 6.71. The van der Waals surface area contributed by atoms with Crippen molar-refractivity contribution in [2.45, 2.75) is 13.0 Å². The summed E-state index contributed by atoms with van der Waals surface area (Å²) in [6, 6.07) is 21.0. The van der Waals surface area contributed by atoms with Gasteiger partial charge in [-0.15, -0.1) is 11.3 Å². The van der Waals surface area contributed by atoms with Crippen LogP contribution >= 0.6 is 11.3 Å². The lowest BCUT2D eigenvalue weighted by Gasteiger charge is -2.15. The Labute approximate surface area is 221 Å². The molecule has 2 aromatic carbocycles. The van der Waals surface area contributed by atoms with Crippen molar-refractivity contribution in [2.24, 2.45) is 0 Å². The quantitative estimate of drug-likeness (QED) is 0.276. The van der Waals surface area contributed by atoms with Crippen molar-refractivity contribution in [1.29, 1.82) is 0 Å². The van der Waals surface area contributed by atoms with E-state index in [1.807, 2.05) is 87.7 Å². The third kappa shape index (κ3) is 7.05. The molecular formula is C28H31N5O3S. The van der Waals surface area contributed by atoms with Gasteiger partial charge in [0.05, 0.1) is 28.6 Å². The first-order valence-electron chi connectivity index (χ1n) is 11.9. The van der Waals surface area contributed by atoms with Crippen LogP contribution in [0.2, 0.25) is 0 Å². The summed E-state index contributed by atoms with van der Waals surface area (Å²) in [7, 11) is 5.61. The van der Waals surface area contributed by atoms with Crippen LogP contribution in [-0.4, -0.2) is 55.1 Å². The topological polar surface area (TPSA) is 88.6 Å².